The number of hydrogen-bond donors (Lipinski definition) is 1. The summed E-state index contributed by atoms with van der Waals surface area (Å²) in [5.41, 5.74) is 0.357. The zero-order valence-corrected chi connectivity index (χ0v) is 16.3. The van der Waals surface area contributed by atoms with E-state index < -0.39 is 5.60 Å². The highest BCUT2D eigenvalue weighted by Gasteiger charge is 2.50. The van der Waals surface area contributed by atoms with Crippen LogP contribution in [0, 0.1) is 0 Å². The maximum atomic E-state index is 12.9. The molecule has 3 heterocycles. The van der Waals surface area contributed by atoms with E-state index in [0.29, 0.717) is 30.5 Å². The molecule has 3 aliphatic rings. The van der Waals surface area contributed by atoms with Crippen molar-refractivity contribution in [2.75, 3.05) is 45.8 Å². The second-order valence-corrected chi connectivity index (χ2v) is 7.83. The Labute approximate surface area is 156 Å². The normalized spacial score (nSPS) is 24.6. The fraction of sp³-hybridized carbons (Fsp3) is 0.800. The second kappa shape index (κ2) is 8.53. The van der Waals surface area contributed by atoms with E-state index in [1.165, 1.54) is 25.7 Å². The van der Waals surface area contributed by atoms with Crippen LogP contribution in [0.15, 0.2) is 11.1 Å². The van der Waals surface area contributed by atoms with Crippen molar-refractivity contribution >= 4 is 11.9 Å². The highest BCUT2D eigenvalue weighted by molar-refractivity contribution is 6.07. The average molecular weight is 364 g/mol. The van der Waals surface area contributed by atoms with Gasteiger partial charge in [-0.25, -0.2) is 4.79 Å². The molecule has 1 N–H and O–H groups in total. The third kappa shape index (κ3) is 4.12. The Morgan fingerprint density at radius 3 is 2.35 bits per heavy atom. The molecule has 0 unspecified atom stereocenters. The number of nitrogens with one attached hydrogen (secondary N) is 1. The Balaban J connectivity index is 1.59. The van der Waals surface area contributed by atoms with Crippen molar-refractivity contribution in [3.05, 3.63) is 11.1 Å². The lowest BCUT2D eigenvalue weighted by Crippen LogP contribution is -2.49. The first-order chi connectivity index (χ1) is 12.6. The number of carbonyl (C=O) groups excluding carboxylic acids is 2. The van der Waals surface area contributed by atoms with Gasteiger partial charge in [0, 0.05) is 44.6 Å². The number of carbonyl (C=O) groups is 2. The summed E-state index contributed by atoms with van der Waals surface area (Å²) >= 11 is 0. The summed E-state index contributed by atoms with van der Waals surface area (Å²) in [6.45, 7) is 10.3. The van der Waals surface area contributed by atoms with Crippen molar-refractivity contribution in [3.63, 3.8) is 0 Å². The van der Waals surface area contributed by atoms with Crippen LogP contribution in [0.5, 0.6) is 0 Å². The van der Waals surface area contributed by atoms with E-state index in [0.717, 1.165) is 39.3 Å². The summed E-state index contributed by atoms with van der Waals surface area (Å²) in [6.07, 6.45) is 6.53. The molecule has 26 heavy (non-hydrogen) atoms. The molecule has 0 aliphatic carbocycles. The van der Waals surface area contributed by atoms with Crippen molar-refractivity contribution in [2.45, 2.75) is 58.0 Å². The summed E-state index contributed by atoms with van der Waals surface area (Å²) in [5.74, 6) is -0.444. The quantitative estimate of drug-likeness (QED) is 0.754. The summed E-state index contributed by atoms with van der Waals surface area (Å²) in [6, 6.07) is 0. The van der Waals surface area contributed by atoms with Gasteiger partial charge in [0.1, 0.15) is 5.60 Å². The molecule has 6 nitrogen and oxygen atoms in total. The number of amides is 1. The third-order valence-electron chi connectivity index (χ3n) is 6.18. The van der Waals surface area contributed by atoms with Crippen LogP contribution in [0.2, 0.25) is 0 Å². The highest BCUT2D eigenvalue weighted by atomic mass is 16.6. The first kappa shape index (κ1) is 19.4. The predicted molar refractivity (Wildman–Crippen MR) is 101 cm³/mol. The van der Waals surface area contributed by atoms with E-state index in [-0.39, 0.29) is 11.9 Å². The zero-order valence-electron chi connectivity index (χ0n) is 16.3. The van der Waals surface area contributed by atoms with Crippen molar-refractivity contribution in [2.24, 2.45) is 0 Å². The Bertz CT molecular complexity index is 557. The molecule has 1 amide bonds. The number of nitrogens with zero attached hydrogens (tertiary/aromatic N) is 2. The monoisotopic (exact) mass is 363 g/mol. The highest BCUT2D eigenvalue weighted by Crippen LogP contribution is 2.40. The smallest absolute Gasteiger partial charge is 0.335 e. The Hall–Kier alpha value is -1.40. The largest absolute Gasteiger partial charge is 0.450 e. The molecular weight excluding hydrogens is 330 g/mol. The van der Waals surface area contributed by atoms with Gasteiger partial charge in [-0.2, -0.15) is 0 Å². The SMILES string of the molecule is CCN1CCC2(CC1)OC(=O)C(C)=C2C(=O)NCCN1CCCCCC1. The first-order valence-corrected chi connectivity index (χ1v) is 10.2. The van der Waals surface area contributed by atoms with Crippen LogP contribution in [-0.4, -0.2) is 73.1 Å². The topological polar surface area (TPSA) is 61.9 Å². The lowest BCUT2D eigenvalue weighted by atomic mass is 9.82. The van der Waals surface area contributed by atoms with Gasteiger partial charge in [-0.15, -0.1) is 0 Å². The molecule has 0 aromatic rings. The maximum absolute atomic E-state index is 12.9. The van der Waals surface area contributed by atoms with Gasteiger partial charge in [-0.1, -0.05) is 19.8 Å². The summed E-state index contributed by atoms with van der Waals surface area (Å²) < 4.78 is 5.73. The minimum absolute atomic E-state index is 0.117. The number of likely N-dealkylation sites (tertiary alicyclic amines) is 2. The number of ether oxygens (including phenoxy) is 1. The van der Waals surface area contributed by atoms with Gasteiger partial charge in [0.15, 0.2) is 0 Å². The lowest BCUT2D eigenvalue weighted by Gasteiger charge is -2.39. The molecule has 0 radical (unpaired) electrons. The van der Waals surface area contributed by atoms with E-state index in [1.54, 1.807) is 6.92 Å². The van der Waals surface area contributed by atoms with E-state index in [4.69, 9.17) is 4.74 Å². The molecule has 146 valence electrons. The van der Waals surface area contributed by atoms with Gasteiger partial charge in [-0.3, -0.25) is 4.79 Å². The van der Waals surface area contributed by atoms with Gasteiger partial charge < -0.3 is 19.9 Å². The second-order valence-electron chi connectivity index (χ2n) is 7.83. The molecule has 0 aromatic carbocycles. The van der Waals surface area contributed by atoms with Crippen molar-refractivity contribution in [3.8, 4) is 0 Å². The minimum Gasteiger partial charge on any atom is -0.450 e. The Morgan fingerprint density at radius 1 is 1.08 bits per heavy atom. The fourth-order valence-corrected chi connectivity index (χ4v) is 4.48. The van der Waals surface area contributed by atoms with Crippen LogP contribution in [0.3, 0.4) is 0 Å². The predicted octanol–water partition coefficient (Wildman–Crippen LogP) is 1.71. The van der Waals surface area contributed by atoms with Crippen LogP contribution in [0.1, 0.15) is 52.4 Å². The first-order valence-electron chi connectivity index (χ1n) is 10.2. The molecule has 2 fully saturated rings. The molecule has 0 bridgehead atoms. The summed E-state index contributed by atoms with van der Waals surface area (Å²) in [5, 5.41) is 3.06. The van der Waals surface area contributed by atoms with Gasteiger partial charge in [0.25, 0.3) is 5.91 Å². The number of rotatable bonds is 5. The average Bonchev–Trinajstić information content (AvgIpc) is 2.81. The molecule has 0 saturated carbocycles. The van der Waals surface area contributed by atoms with E-state index >= 15 is 0 Å². The Morgan fingerprint density at radius 2 is 1.73 bits per heavy atom. The number of piperidine rings is 1. The molecule has 6 heteroatoms. The van der Waals surface area contributed by atoms with Crippen molar-refractivity contribution in [1.82, 2.24) is 15.1 Å². The van der Waals surface area contributed by atoms with Crippen molar-refractivity contribution < 1.29 is 14.3 Å². The fourth-order valence-electron chi connectivity index (χ4n) is 4.48. The maximum Gasteiger partial charge on any atom is 0.335 e. The standard InChI is InChI=1S/C20H33N3O3/c1-3-22-13-8-20(9-14-22)17(16(2)19(25)26-20)18(24)21-10-15-23-11-6-4-5-7-12-23/h3-15H2,1-2H3,(H,21,24). The number of esters is 1. The van der Waals surface area contributed by atoms with Crippen LogP contribution in [0.4, 0.5) is 0 Å². The van der Waals surface area contributed by atoms with Crippen LogP contribution < -0.4 is 5.32 Å². The molecule has 2 saturated heterocycles. The lowest BCUT2D eigenvalue weighted by molar-refractivity contribution is -0.150. The van der Waals surface area contributed by atoms with Crippen LogP contribution >= 0.6 is 0 Å². The number of hydrogen-bond acceptors (Lipinski definition) is 5. The third-order valence-corrected chi connectivity index (χ3v) is 6.18. The summed E-state index contributed by atoms with van der Waals surface area (Å²) in [7, 11) is 0. The van der Waals surface area contributed by atoms with Gasteiger partial charge in [0.2, 0.25) is 0 Å². The summed E-state index contributed by atoms with van der Waals surface area (Å²) in [4.78, 5) is 29.9. The minimum atomic E-state index is -0.709. The molecule has 0 atom stereocenters. The molecule has 3 aliphatic heterocycles. The van der Waals surface area contributed by atoms with E-state index in [9.17, 15) is 9.59 Å². The molecular formula is C20H33N3O3. The van der Waals surface area contributed by atoms with Gasteiger partial charge >= 0.3 is 5.97 Å². The Kier molecular flexibility index (Phi) is 6.35. The van der Waals surface area contributed by atoms with Gasteiger partial charge in [0.05, 0.1) is 5.57 Å². The van der Waals surface area contributed by atoms with Crippen LogP contribution in [0.25, 0.3) is 0 Å². The molecule has 3 rings (SSSR count). The van der Waals surface area contributed by atoms with E-state index in [2.05, 4.69) is 22.0 Å². The zero-order chi connectivity index (χ0) is 18.6. The molecule has 1 spiro atoms. The van der Waals surface area contributed by atoms with Crippen molar-refractivity contribution in [1.29, 1.82) is 0 Å². The van der Waals surface area contributed by atoms with Crippen LogP contribution in [-0.2, 0) is 14.3 Å². The van der Waals surface area contributed by atoms with E-state index in [1.807, 2.05) is 0 Å². The molecule has 0 aromatic heterocycles. The van der Waals surface area contributed by atoms with Gasteiger partial charge in [-0.05, 0) is 39.4 Å².